The second-order valence-electron chi connectivity index (χ2n) is 12.2. The summed E-state index contributed by atoms with van der Waals surface area (Å²) < 4.78 is 0. The molecule has 3 fully saturated rings. The van der Waals surface area contributed by atoms with Crippen LogP contribution in [0.4, 0.5) is 5.69 Å². The fourth-order valence-corrected chi connectivity index (χ4v) is 6.79. The molecule has 42 heavy (non-hydrogen) atoms. The van der Waals surface area contributed by atoms with Gasteiger partial charge in [0.25, 0.3) is 0 Å². The topological polar surface area (TPSA) is 96.5 Å². The minimum absolute atomic E-state index is 0.344. The summed E-state index contributed by atoms with van der Waals surface area (Å²) in [6, 6.07) is 6.82. The molecule has 3 aliphatic rings. The molecule has 2 unspecified atom stereocenters. The van der Waals surface area contributed by atoms with Gasteiger partial charge in [-0.2, -0.15) is 0 Å². The van der Waals surface area contributed by atoms with Crippen LogP contribution in [0.2, 0.25) is 0 Å². The lowest BCUT2D eigenvalue weighted by Gasteiger charge is -2.49. The fourth-order valence-electron chi connectivity index (χ4n) is 6.79. The number of amides is 1. The van der Waals surface area contributed by atoms with Gasteiger partial charge in [-0.05, 0) is 82.5 Å². The van der Waals surface area contributed by atoms with Gasteiger partial charge in [0.1, 0.15) is 18.9 Å². The SMILES string of the molecule is CN(Cc1cc(N2CCN(C3CN(CCC(CCNC=O)N4CCCCC4)C3)CC2)ccc1C=O)C(C=O)CCC=O. The van der Waals surface area contributed by atoms with Crippen LogP contribution in [0.5, 0.6) is 0 Å². The Hall–Kier alpha value is -2.66. The molecular formula is C32H50N6O4. The quantitative estimate of drug-likeness (QED) is 0.205. The highest BCUT2D eigenvalue weighted by Crippen LogP contribution is 2.25. The Balaban J connectivity index is 1.23. The molecule has 232 valence electrons. The third kappa shape index (κ3) is 8.92. The Morgan fingerprint density at radius 2 is 1.71 bits per heavy atom. The third-order valence-corrected chi connectivity index (χ3v) is 9.50. The maximum Gasteiger partial charge on any atom is 0.207 e. The van der Waals surface area contributed by atoms with Crippen LogP contribution in [0.3, 0.4) is 0 Å². The van der Waals surface area contributed by atoms with E-state index in [-0.39, 0.29) is 6.04 Å². The van der Waals surface area contributed by atoms with Gasteiger partial charge in [0.15, 0.2) is 0 Å². The highest BCUT2D eigenvalue weighted by atomic mass is 16.1. The first-order chi connectivity index (χ1) is 20.6. The predicted octanol–water partition coefficient (Wildman–Crippen LogP) is 1.66. The number of hydrogen-bond acceptors (Lipinski definition) is 9. The summed E-state index contributed by atoms with van der Waals surface area (Å²) in [5, 5.41) is 2.86. The Morgan fingerprint density at radius 1 is 0.952 bits per heavy atom. The molecule has 10 nitrogen and oxygen atoms in total. The van der Waals surface area contributed by atoms with Crippen LogP contribution in [0.15, 0.2) is 18.2 Å². The van der Waals surface area contributed by atoms with Crippen molar-refractivity contribution in [2.24, 2.45) is 0 Å². The van der Waals surface area contributed by atoms with Crippen LogP contribution in [-0.2, 0) is 20.9 Å². The normalized spacial score (nSPS) is 20.6. The molecular weight excluding hydrogens is 532 g/mol. The largest absolute Gasteiger partial charge is 0.369 e. The van der Waals surface area contributed by atoms with Crippen LogP contribution in [0.1, 0.15) is 60.9 Å². The molecule has 2 atom stereocenters. The van der Waals surface area contributed by atoms with Crippen molar-refractivity contribution < 1.29 is 19.2 Å². The first-order valence-electron chi connectivity index (χ1n) is 15.9. The molecule has 1 aromatic rings. The Morgan fingerprint density at radius 3 is 2.38 bits per heavy atom. The molecule has 1 N–H and O–H groups in total. The van der Waals surface area contributed by atoms with Crippen molar-refractivity contribution in [3.05, 3.63) is 29.3 Å². The number of benzene rings is 1. The number of aldehydes is 3. The van der Waals surface area contributed by atoms with Crippen molar-refractivity contribution in [1.82, 2.24) is 24.9 Å². The summed E-state index contributed by atoms with van der Waals surface area (Å²) in [6.45, 7) is 10.9. The number of rotatable bonds is 18. The average molecular weight is 583 g/mol. The molecule has 0 spiro atoms. The molecule has 0 bridgehead atoms. The molecule has 0 aliphatic carbocycles. The van der Waals surface area contributed by atoms with Crippen molar-refractivity contribution in [2.45, 2.75) is 69.6 Å². The minimum Gasteiger partial charge on any atom is -0.369 e. The molecule has 0 saturated carbocycles. The van der Waals surface area contributed by atoms with E-state index in [0.29, 0.717) is 37.0 Å². The average Bonchev–Trinajstić information content (AvgIpc) is 3.00. The van der Waals surface area contributed by atoms with E-state index >= 15 is 0 Å². The monoisotopic (exact) mass is 582 g/mol. The van der Waals surface area contributed by atoms with Crippen LogP contribution < -0.4 is 10.2 Å². The number of anilines is 1. The van der Waals surface area contributed by atoms with E-state index in [9.17, 15) is 19.2 Å². The summed E-state index contributed by atoms with van der Waals surface area (Å²) in [6.07, 6.45) is 10.4. The maximum atomic E-state index is 11.7. The van der Waals surface area contributed by atoms with Gasteiger partial charge in [0.2, 0.25) is 6.41 Å². The Bertz CT molecular complexity index is 1000. The van der Waals surface area contributed by atoms with E-state index in [1.807, 2.05) is 24.1 Å². The Kier molecular flexibility index (Phi) is 12.9. The summed E-state index contributed by atoms with van der Waals surface area (Å²) in [4.78, 5) is 57.0. The predicted molar refractivity (Wildman–Crippen MR) is 165 cm³/mol. The van der Waals surface area contributed by atoms with Gasteiger partial charge in [-0.15, -0.1) is 0 Å². The number of piperazine rings is 1. The molecule has 3 heterocycles. The first-order valence-corrected chi connectivity index (χ1v) is 15.9. The van der Waals surface area contributed by atoms with Crippen molar-refractivity contribution >= 4 is 31.0 Å². The van der Waals surface area contributed by atoms with Gasteiger partial charge in [-0.25, -0.2) is 0 Å². The van der Waals surface area contributed by atoms with E-state index in [2.05, 4.69) is 31.0 Å². The molecule has 4 rings (SSSR count). The zero-order valence-corrected chi connectivity index (χ0v) is 25.4. The molecule has 0 aromatic heterocycles. The zero-order chi connectivity index (χ0) is 29.7. The van der Waals surface area contributed by atoms with E-state index in [4.69, 9.17) is 0 Å². The molecule has 0 radical (unpaired) electrons. The maximum absolute atomic E-state index is 11.7. The van der Waals surface area contributed by atoms with E-state index in [1.165, 1.54) is 38.8 Å². The lowest BCUT2D eigenvalue weighted by Crippen LogP contribution is -2.63. The van der Waals surface area contributed by atoms with Gasteiger partial charge in [0.05, 0.1) is 6.04 Å². The number of carbonyl (C=O) groups is 4. The highest BCUT2D eigenvalue weighted by molar-refractivity contribution is 5.78. The molecule has 3 saturated heterocycles. The molecule has 3 aliphatic heterocycles. The van der Waals surface area contributed by atoms with Crippen molar-refractivity contribution in [1.29, 1.82) is 0 Å². The Labute approximate surface area is 251 Å². The molecule has 10 heteroatoms. The third-order valence-electron chi connectivity index (χ3n) is 9.50. The number of carbonyl (C=O) groups excluding carboxylic acids is 4. The highest BCUT2D eigenvalue weighted by Gasteiger charge is 2.34. The minimum atomic E-state index is -0.348. The summed E-state index contributed by atoms with van der Waals surface area (Å²) in [5.74, 6) is 0. The van der Waals surface area contributed by atoms with E-state index in [0.717, 1.165) is 95.3 Å². The van der Waals surface area contributed by atoms with Crippen LogP contribution in [0, 0.1) is 0 Å². The molecule has 1 aromatic carbocycles. The number of likely N-dealkylation sites (N-methyl/N-ethyl adjacent to an activating group) is 1. The number of likely N-dealkylation sites (tertiary alicyclic amines) is 2. The first kappa shape index (κ1) is 32.3. The van der Waals surface area contributed by atoms with Gasteiger partial charge < -0.3 is 29.6 Å². The second-order valence-corrected chi connectivity index (χ2v) is 12.2. The van der Waals surface area contributed by atoms with Gasteiger partial charge in [-0.3, -0.25) is 19.4 Å². The van der Waals surface area contributed by atoms with Gasteiger partial charge >= 0.3 is 0 Å². The van der Waals surface area contributed by atoms with Gasteiger partial charge in [0, 0.05) is 82.1 Å². The van der Waals surface area contributed by atoms with E-state index < -0.39 is 0 Å². The lowest BCUT2D eigenvalue weighted by molar-refractivity contribution is -0.113. The van der Waals surface area contributed by atoms with Crippen LogP contribution in [-0.4, -0.2) is 135 Å². The fraction of sp³-hybridized carbons (Fsp3) is 0.688. The standard InChI is InChI=1S/C32H50N6O4/c1-34(31(25-41)6-5-19-39)21-28-20-30(8-7-27(28)24-40)37-15-17-38(18-16-37)32-22-35(23-32)14-10-29(9-11-33-26-42)36-12-3-2-4-13-36/h7-8,19-20,24-26,29,31-32H,2-6,9-18,21-23H2,1H3,(H,33,42). The summed E-state index contributed by atoms with van der Waals surface area (Å²) in [7, 11) is 1.87. The lowest BCUT2D eigenvalue weighted by atomic mass is 10.0. The number of nitrogens with zero attached hydrogens (tertiary/aromatic N) is 5. The smallest absolute Gasteiger partial charge is 0.207 e. The number of hydrogen-bond donors (Lipinski definition) is 1. The zero-order valence-electron chi connectivity index (χ0n) is 25.4. The number of nitrogens with one attached hydrogen (secondary N) is 1. The van der Waals surface area contributed by atoms with Crippen LogP contribution in [0.25, 0.3) is 0 Å². The van der Waals surface area contributed by atoms with Crippen molar-refractivity contribution in [3.63, 3.8) is 0 Å². The summed E-state index contributed by atoms with van der Waals surface area (Å²) >= 11 is 0. The molecule has 1 amide bonds. The second kappa shape index (κ2) is 16.8. The van der Waals surface area contributed by atoms with E-state index in [1.54, 1.807) is 0 Å². The number of piperidine rings is 1. The van der Waals surface area contributed by atoms with Crippen molar-refractivity contribution in [2.75, 3.05) is 77.4 Å². The summed E-state index contributed by atoms with van der Waals surface area (Å²) in [5.41, 5.74) is 2.66. The van der Waals surface area contributed by atoms with Crippen molar-refractivity contribution in [3.8, 4) is 0 Å². The van der Waals surface area contributed by atoms with Crippen LogP contribution >= 0.6 is 0 Å². The van der Waals surface area contributed by atoms with Gasteiger partial charge in [-0.1, -0.05) is 6.42 Å².